The normalized spacial score (nSPS) is 28.7. The fourth-order valence-corrected chi connectivity index (χ4v) is 2.88. The third kappa shape index (κ3) is 3.19. The van der Waals surface area contributed by atoms with Crippen LogP contribution in [0.15, 0.2) is 0 Å². The molecule has 2 fully saturated rings. The van der Waals surface area contributed by atoms with Gasteiger partial charge in [-0.2, -0.15) is 0 Å². The van der Waals surface area contributed by atoms with Crippen molar-refractivity contribution in [2.45, 2.75) is 69.6 Å². The van der Waals surface area contributed by atoms with Gasteiger partial charge in [0.15, 0.2) is 0 Å². The average molecular weight is 226 g/mol. The van der Waals surface area contributed by atoms with Crippen molar-refractivity contribution >= 4 is 0 Å². The van der Waals surface area contributed by atoms with E-state index in [0.717, 1.165) is 19.3 Å². The predicted molar refractivity (Wildman–Crippen MR) is 62.8 cm³/mol. The molecule has 93 valence electrons. The number of hydrogen-bond donors (Lipinski definition) is 2. The molecule has 2 saturated carbocycles. The minimum atomic E-state index is -0.825. The minimum Gasteiger partial charge on any atom is -0.390 e. The van der Waals surface area contributed by atoms with Crippen LogP contribution >= 0.6 is 0 Å². The Labute approximate surface area is 98.0 Å². The van der Waals surface area contributed by atoms with Crippen LogP contribution in [-0.2, 0) is 0 Å². The second-order valence-corrected chi connectivity index (χ2v) is 5.66. The largest absolute Gasteiger partial charge is 0.390 e. The zero-order valence-electron chi connectivity index (χ0n) is 9.94. The maximum Gasteiger partial charge on any atom is 0.0967 e. The standard InChI is InChI=1S/C13H24NO2/c14-11(8-9-4-2-1-3-5-9)13(16)12(15)10-6-7-10/h9-16H,1-8H2/t11-,12-,13+/m0/s1. The molecule has 0 unspecified atom stereocenters. The van der Waals surface area contributed by atoms with Gasteiger partial charge in [0, 0.05) is 0 Å². The molecule has 3 nitrogen and oxygen atoms in total. The SMILES string of the molecule is [NH][C@@H](CC1CCCCC1)[C@@H](O)[C@@H](O)C1CC1. The van der Waals surface area contributed by atoms with E-state index in [2.05, 4.69) is 0 Å². The van der Waals surface area contributed by atoms with Crippen LogP contribution in [0.5, 0.6) is 0 Å². The average Bonchev–Trinajstić information content (AvgIpc) is 3.12. The Kier molecular flexibility index (Phi) is 4.22. The van der Waals surface area contributed by atoms with Gasteiger partial charge in [0.1, 0.15) is 0 Å². The van der Waals surface area contributed by atoms with Gasteiger partial charge in [0.2, 0.25) is 0 Å². The Morgan fingerprint density at radius 3 is 2.19 bits per heavy atom. The molecule has 0 aliphatic heterocycles. The summed E-state index contributed by atoms with van der Waals surface area (Å²) in [7, 11) is 0. The van der Waals surface area contributed by atoms with Crippen LogP contribution in [0, 0.1) is 11.8 Å². The van der Waals surface area contributed by atoms with E-state index in [0.29, 0.717) is 5.92 Å². The van der Waals surface area contributed by atoms with Crippen LogP contribution in [0.25, 0.3) is 0 Å². The summed E-state index contributed by atoms with van der Waals surface area (Å²) < 4.78 is 0. The molecule has 3 atom stereocenters. The Balaban J connectivity index is 1.74. The summed E-state index contributed by atoms with van der Waals surface area (Å²) in [6.45, 7) is 0. The van der Waals surface area contributed by atoms with E-state index < -0.39 is 18.2 Å². The molecule has 2 rings (SSSR count). The van der Waals surface area contributed by atoms with Gasteiger partial charge >= 0.3 is 0 Å². The molecule has 0 aromatic heterocycles. The second kappa shape index (κ2) is 5.48. The Morgan fingerprint density at radius 2 is 1.62 bits per heavy atom. The molecular formula is C13H24NO2. The summed E-state index contributed by atoms with van der Waals surface area (Å²) in [4.78, 5) is 0. The molecule has 2 aliphatic carbocycles. The Bertz CT molecular complexity index is 212. The molecule has 3 heteroatoms. The van der Waals surface area contributed by atoms with Crippen LogP contribution in [-0.4, -0.2) is 28.5 Å². The first kappa shape index (κ1) is 12.3. The number of rotatable bonds is 5. The van der Waals surface area contributed by atoms with Crippen LogP contribution in [0.2, 0.25) is 0 Å². The molecule has 0 saturated heterocycles. The third-order valence-electron chi connectivity index (χ3n) is 4.18. The summed E-state index contributed by atoms with van der Waals surface area (Å²) in [5.41, 5.74) is 7.96. The molecule has 2 aliphatic rings. The van der Waals surface area contributed by atoms with Gasteiger partial charge in [-0.3, -0.25) is 5.73 Å². The third-order valence-corrected chi connectivity index (χ3v) is 4.18. The van der Waals surface area contributed by atoms with Gasteiger partial charge in [-0.1, -0.05) is 32.1 Å². The fourth-order valence-electron chi connectivity index (χ4n) is 2.88. The van der Waals surface area contributed by atoms with Gasteiger partial charge < -0.3 is 10.2 Å². The predicted octanol–water partition coefficient (Wildman–Crippen LogP) is 1.74. The quantitative estimate of drug-likeness (QED) is 0.750. The molecule has 0 spiro atoms. The Hall–Kier alpha value is -0.120. The summed E-state index contributed by atoms with van der Waals surface area (Å²) >= 11 is 0. The topological polar surface area (TPSA) is 64.3 Å². The van der Waals surface area contributed by atoms with Crippen molar-refractivity contribution < 1.29 is 10.2 Å². The molecule has 0 aromatic carbocycles. The van der Waals surface area contributed by atoms with Gasteiger partial charge in [0.05, 0.1) is 18.2 Å². The van der Waals surface area contributed by atoms with Gasteiger partial charge in [-0.05, 0) is 31.1 Å². The smallest absolute Gasteiger partial charge is 0.0967 e. The zero-order chi connectivity index (χ0) is 11.5. The van der Waals surface area contributed by atoms with Crippen molar-refractivity contribution in [2.75, 3.05) is 0 Å². The van der Waals surface area contributed by atoms with Crippen molar-refractivity contribution in [3.8, 4) is 0 Å². The molecule has 1 radical (unpaired) electrons. The maximum absolute atomic E-state index is 9.89. The summed E-state index contributed by atoms with van der Waals surface area (Å²) in [5, 5.41) is 19.7. The van der Waals surface area contributed by atoms with E-state index in [-0.39, 0.29) is 5.92 Å². The van der Waals surface area contributed by atoms with Crippen molar-refractivity contribution in [1.82, 2.24) is 5.73 Å². The molecule has 3 N–H and O–H groups in total. The van der Waals surface area contributed by atoms with Gasteiger partial charge in [-0.25, -0.2) is 0 Å². The highest BCUT2D eigenvalue weighted by Gasteiger charge is 2.37. The molecule has 0 amide bonds. The van der Waals surface area contributed by atoms with Crippen LogP contribution in [0.1, 0.15) is 51.4 Å². The number of aliphatic hydroxyl groups is 2. The van der Waals surface area contributed by atoms with Crippen LogP contribution in [0.3, 0.4) is 0 Å². The maximum atomic E-state index is 9.89. The van der Waals surface area contributed by atoms with Crippen molar-refractivity contribution in [3.05, 3.63) is 0 Å². The summed E-state index contributed by atoms with van der Waals surface area (Å²) in [6.07, 6.45) is 7.64. The minimum absolute atomic E-state index is 0.272. The fraction of sp³-hybridized carbons (Fsp3) is 1.00. The number of aliphatic hydroxyl groups excluding tert-OH is 2. The molecule has 0 heterocycles. The molecule has 0 bridgehead atoms. The molecule has 16 heavy (non-hydrogen) atoms. The highest BCUT2D eigenvalue weighted by atomic mass is 16.3. The van der Waals surface area contributed by atoms with Gasteiger partial charge in [-0.15, -0.1) is 0 Å². The lowest BCUT2D eigenvalue weighted by Crippen LogP contribution is -2.40. The van der Waals surface area contributed by atoms with Crippen molar-refractivity contribution in [1.29, 1.82) is 0 Å². The first-order valence-electron chi connectivity index (χ1n) is 6.75. The first-order chi connectivity index (χ1) is 7.68. The lowest BCUT2D eigenvalue weighted by Gasteiger charge is -2.28. The van der Waals surface area contributed by atoms with Gasteiger partial charge in [0.25, 0.3) is 0 Å². The number of nitrogens with one attached hydrogen (secondary N) is 1. The van der Waals surface area contributed by atoms with Crippen molar-refractivity contribution in [2.24, 2.45) is 11.8 Å². The Morgan fingerprint density at radius 1 is 1.00 bits per heavy atom. The second-order valence-electron chi connectivity index (χ2n) is 5.66. The monoisotopic (exact) mass is 226 g/mol. The molecular weight excluding hydrogens is 202 g/mol. The van der Waals surface area contributed by atoms with E-state index in [1.165, 1.54) is 32.1 Å². The van der Waals surface area contributed by atoms with E-state index in [4.69, 9.17) is 5.73 Å². The van der Waals surface area contributed by atoms with E-state index in [1.54, 1.807) is 0 Å². The zero-order valence-corrected chi connectivity index (χ0v) is 9.94. The lowest BCUT2D eigenvalue weighted by atomic mass is 9.83. The first-order valence-corrected chi connectivity index (χ1v) is 6.75. The van der Waals surface area contributed by atoms with Crippen LogP contribution < -0.4 is 5.73 Å². The van der Waals surface area contributed by atoms with E-state index >= 15 is 0 Å². The molecule has 0 aromatic rings. The summed E-state index contributed by atoms with van der Waals surface area (Å²) in [6, 6.07) is -0.487. The highest BCUT2D eigenvalue weighted by Crippen LogP contribution is 2.35. The van der Waals surface area contributed by atoms with Crippen LogP contribution in [0.4, 0.5) is 0 Å². The lowest BCUT2D eigenvalue weighted by molar-refractivity contribution is -0.0148. The van der Waals surface area contributed by atoms with E-state index in [1.807, 2.05) is 0 Å². The van der Waals surface area contributed by atoms with Crippen molar-refractivity contribution in [3.63, 3.8) is 0 Å². The van der Waals surface area contributed by atoms with E-state index in [9.17, 15) is 10.2 Å². The summed E-state index contributed by atoms with van der Waals surface area (Å²) in [5.74, 6) is 0.881. The highest BCUT2D eigenvalue weighted by molar-refractivity contribution is 4.90. The number of hydrogen-bond acceptors (Lipinski definition) is 2.